The van der Waals surface area contributed by atoms with Crippen LogP contribution in [0.3, 0.4) is 0 Å². The lowest BCUT2D eigenvalue weighted by atomic mass is 10.1. The molecule has 0 spiro atoms. The van der Waals surface area contributed by atoms with Crippen molar-refractivity contribution >= 4 is 11.8 Å². The molecule has 1 N–H and O–H groups in total. The molecule has 0 atom stereocenters. The summed E-state index contributed by atoms with van der Waals surface area (Å²) in [6.07, 6.45) is 3.79. The molecule has 0 fully saturated rings. The number of amides is 2. The van der Waals surface area contributed by atoms with Crippen molar-refractivity contribution in [2.75, 3.05) is 20.1 Å². The van der Waals surface area contributed by atoms with E-state index in [1.165, 1.54) is 11.1 Å². The first kappa shape index (κ1) is 21.4. The van der Waals surface area contributed by atoms with Crippen LogP contribution in [0.5, 0.6) is 0 Å². The number of likely N-dealkylation sites (N-methyl/N-ethyl adjacent to an activating group) is 1. The maximum Gasteiger partial charge on any atom is 0.259 e. The summed E-state index contributed by atoms with van der Waals surface area (Å²) in [5.41, 5.74) is 0.628. The number of nitrogens with zero attached hydrogens (tertiary/aromatic N) is 2. The number of benzene rings is 1. The molecule has 6 heteroatoms. The van der Waals surface area contributed by atoms with Gasteiger partial charge in [-0.05, 0) is 24.8 Å². The number of hydrogen-bond donors (Lipinski definition) is 1. The fraction of sp³-hybridized carbons (Fsp3) is 0.409. The highest BCUT2D eigenvalue weighted by atomic mass is 16.2. The average Bonchev–Trinajstić information content (AvgIpc) is 2.67. The van der Waals surface area contributed by atoms with Crippen LogP contribution in [0.15, 0.2) is 47.5 Å². The van der Waals surface area contributed by atoms with Crippen molar-refractivity contribution < 1.29 is 9.59 Å². The third-order valence-electron chi connectivity index (χ3n) is 4.39. The summed E-state index contributed by atoms with van der Waals surface area (Å²) < 4.78 is 1.76. The van der Waals surface area contributed by atoms with E-state index < -0.39 is 11.3 Å². The smallest absolute Gasteiger partial charge is 0.259 e. The molecule has 150 valence electrons. The minimum absolute atomic E-state index is 0.00445. The van der Waals surface area contributed by atoms with Crippen molar-refractivity contribution in [2.45, 2.75) is 33.7 Å². The van der Waals surface area contributed by atoms with Crippen molar-refractivity contribution in [3.63, 3.8) is 0 Å². The van der Waals surface area contributed by atoms with Gasteiger partial charge in [-0.2, -0.15) is 0 Å². The van der Waals surface area contributed by atoms with Crippen molar-refractivity contribution in [1.29, 1.82) is 0 Å². The Morgan fingerprint density at radius 2 is 1.75 bits per heavy atom. The van der Waals surface area contributed by atoms with Gasteiger partial charge in [0.2, 0.25) is 5.43 Å². The van der Waals surface area contributed by atoms with Crippen LogP contribution in [0.2, 0.25) is 0 Å². The van der Waals surface area contributed by atoms with E-state index in [0.717, 1.165) is 5.56 Å². The summed E-state index contributed by atoms with van der Waals surface area (Å²) in [6, 6.07) is 9.87. The molecular weight excluding hydrogens is 354 g/mol. The molecular formula is C22H29N3O3. The van der Waals surface area contributed by atoms with Gasteiger partial charge in [0.1, 0.15) is 11.1 Å². The van der Waals surface area contributed by atoms with Gasteiger partial charge >= 0.3 is 0 Å². The zero-order valence-electron chi connectivity index (χ0n) is 17.1. The van der Waals surface area contributed by atoms with Gasteiger partial charge < -0.3 is 14.8 Å². The maximum absolute atomic E-state index is 12.9. The predicted octanol–water partition coefficient (Wildman–Crippen LogP) is 2.57. The molecule has 0 radical (unpaired) electrons. The van der Waals surface area contributed by atoms with Gasteiger partial charge in [-0.1, -0.05) is 44.2 Å². The standard InChI is InChI=1S/C22H29N3O3/c1-5-23-21(27)18-14-25(13-16(2)3)15-19(20(18)26)22(28)24(4)12-11-17-9-7-6-8-10-17/h6-10,14-16H,5,11-13H2,1-4H3,(H,23,27). The number of pyridine rings is 1. The Labute approximate surface area is 166 Å². The van der Waals surface area contributed by atoms with Gasteiger partial charge in [0.15, 0.2) is 0 Å². The molecule has 1 aromatic carbocycles. The molecule has 0 bridgehead atoms. The topological polar surface area (TPSA) is 71.4 Å². The Bertz CT molecular complexity index is 872. The minimum Gasteiger partial charge on any atom is -0.352 e. The summed E-state index contributed by atoms with van der Waals surface area (Å²) in [7, 11) is 1.68. The molecule has 0 saturated heterocycles. The van der Waals surface area contributed by atoms with E-state index in [1.54, 1.807) is 24.7 Å². The van der Waals surface area contributed by atoms with Crippen molar-refractivity contribution in [2.24, 2.45) is 5.92 Å². The normalized spacial score (nSPS) is 10.8. The number of nitrogens with one attached hydrogen (secondary N) is 1. The van der Waals surface area contributed by atoms with Crippen LogP contribution in [0.4, 0.5) is 0 Å². The Hall–Kier alpha value is -2.89. The van der Waals surface area contributed by atoms with Crippen molar-refractivity contribution in [1.82, 2.24) is 14.8 Å². The summed E-state index contributed by atoms with van der Waals surface area (Å²) in [4.78, 5) is 39.6. The number of rotatable bonds is 8. The second-order valence-corrected chi connectivity index (χ2v) is 7.33. The van der Waals surface area contributed by atoms with Gasteiger partial charge in [0, 0.05) is 39.1 Å². The van der Waals surface area contributed by atoms with E-state index in [4.69, 9.17) is 0 Å². The van der Waals surface area contributed by atoms with Gasteiger partial charge in [-0.25, -0.2) is 0 Å². The second kappa shape index (κ2) is 9.88. The maximum atomic E-state index is 12.9. The quantitative estimate of drug-likeness (QED) is 0.762. The summed E-state index contributed by atoms with van der Waals surface area (Å²) >= 11 is 0. The lowest BCUT2D eigenvalue weighted by Gasteiger charge is -2.19. The highest BCUT2D eigenvalue weighted by Crippen LogP contribution is 2.07. The zero-order chi connectivity index (χ0) is 20.7. The number of aromatic nitrogens is 1. The molecule has 1 heterocycles. The van der Waals surface area contributed by atoms with E-state index >= 15 is 0 Å². The molecule has 2 amide bonds. The van der Waals surface area contributed by atoms with E-state index in [0.29, 0.717) is 32.0 Å². The summed E-state index contributed by atoms with van der Waals surface area (Å²) in [6.45, 7) is 7.38. The van der Waals surface area contributed by atoms with Crippen LogP contribution in [0, 0.1) is 5.92 Å². The lowest BCUT2D eigenvalue weighted by molar-refractivity contribution is 0.0794. The highest BCUT2D eigenvalue weighted by molar-refractivity contribution is 5.99. The molecule has 0 unspecified atom stereocenters. The van der Waals surface area contributed by atoms with Gasteiger partial charge in [-0.15, -0.1) is 0 Å². The third kappa shape index (κ3) is 5.55. The van der Waals surface area contributed by atoms with Crippen LogP contribution < -0.4 is 10.7 Å². The SMILES string of the molecule is CCNC(=O)c1cn(CC(C)C)cc(C(=O)N(C)CCc2ccccc2)c1=O. The van der Waals surface area contributed by atoms with E-state index in [-0.39, 0.29) is 17.0 Å². The van der Waals surface area contributed by atoms with Crippen LogP contribution in [-0.2, 0) is 13.0 Å². The van der Waals surface area contributed by atoms with E-state index in [2.05, 4.69) is 5.32 Å². The molecule has 2 aromatic rings. The summed E-state index contributed by atoms with van der Waals surface area (Å²) in [5.74, 6) is -0.514. The molecule has 2 rings (SSSR count). The van der Waals surface area contributed by atoms with Crippen LogP contribution in [0.25, 0.3) is 0 Å². The molecule has 0 aliphatic heterocycles. The minimum atomic E-state index is -0.525. The largest absolute Gasteiger partial charge is 0.352 e. The Morgan fingerprint density at radius 3 is 2.36 bits per heavy atom. The van der Waals surface area contributed by atoms with Gasteiger partial charge in [0.05, 0.1) is 0 Å². The average molecular weight is 383 g/mol. The number of hydrogen-bond acceptors (Lipinski definition) is 3. The lowest BCUT2D eigenvalue weighted by Crippen LogP contribution is -2.37. The predicted molar refractivity (Wildman–Crippen MR) is 111 cm³/mol. The van der Waals surface area contributed by atoms with E-state index in [1.807, 2.05) is 44.2 Å². The van der Waals surface area contributed by atoms with Crippen molar-refractivity contribution in [3.8, 4) is 0 Å². The molecule has 28 heavy (non-hydrogen) atoms. The van der Waals surface area contributed by atoms with E-state index in [9.17, 15) is 14.4 Å². The number of carbonyl (C=O) groups excluding carboxylic acids is 2. The molecule has 0 saturated carbocycles. The van der Waals surface area contributed by atoms with Crippen LogP contribution in [0.1, 0.15) is 47.1 Å². The van der Waals surface area contributed by atoms with Crippen LogP contribution >= 0.6 is 0 Å². The molecule has 6 nitrogen and oxygen atoms in total. The Kier molecular flexibility index (Phi) is 7.55. The summed E-state index contributed by atoms with van der Waals surface area (Å²) in [5, 5.41) is 2.65. The second-order valence-electron chi connectivity index (χ2n) is 7.33. The fourth-order valence-electron chi connectivity index (χ4n) is 2.98. The Balaban J connectivity index is 2.30. The van der Waals surface area contributed by atoms with Crippen LogP contribution in [-0.4, -0.2) is 41.4 Å². The first-order chi connectivity index (χ1) is 13.3. The monoisotopic (exact) mass is 383 g/mol. The third-order valence-corrected chi connectivity index (χ3v) is 4.39. The highest BCUT2D eigenvalue weighted by Gasteiger charge is 2.21. The van der Waals surface area contributed by atoms with Gasteiger partial charge in [0.25, 0.3) is 11.8 Å². The number of carbonyl (C=O) groups is 2. The van der Waals surface area contributed by atoms with Gasteiger partial charge in [-0.3, -0.25) is 14.4 Å². The van der Waals surface area contributed by atoms with Crippen molar-refractivity contribution in [3.05, 3.63) is 69.6 Å². The first-order valence-electron chi connectivity index (χ1n) is 9.65. The molecule has 0 aliphatic carbocycles. The fourth-order valence-corrected chi connectivity index (χ4v) is 2.98. The Morgan fingerprint density at radius 1 is 1.11 bits per heavy atom. The first-order valence-corrected chi connectivity index (χ1v) is 9.65. The molecule has 0 aliphatic rings. The zero-order valence-corrected chi connectivity index (χ0v) is 17.1. The molecule has 1 aromatic heterocycles.